The van der Waals surface area contributed by atoms with Gasteiger partial charge in [-0.25, -0.2) is 9.59 Å². The fraction of sp³-hybridized carbons (Fsp3) is 0.667. The van der Waals surface area contributed by atoms with E-state index in [2.05, 4.69) is 6.92 Å². The second-order valence-corrected chi connectivity index (χ2v) is 7.73. The third kappa shape index (κ3) is 10.9. The Morgan fingerprint density at radius 3 is 1.66 bits per heavy atom. The molecule has 0 aliphatic rings. The van der Waals surface area contributed by atoms with Gasteiger partial charge < -0.3 is 14.9 Å². The monoisotopic (exact) mass is 406 g/mol. The Labute approximate surface area is 175 Å². The molecule has 1 rings (SSSR count). The number of benzene rings is 1. The lowest BCUT2D eigenvalue weighted by atomic mass is 10.0. The van der Waals surface area contributed by atoms with Crippen molar-refractivity contribution >= 4 is 11.9 Å². The number of rotatable bonds is 18. The molecule has 0 atom stereocenters. The van der Waals surface area contributed by atoms with E-state index in [1.807, 2.05) is 0 Å². The van der Waals surface area contributed by atoms with Crippen molar-refractivity contribution in [1.29, 1.82) is 0 Å². The zero-order chi connectivity index (χ0) is 21.3. The van der Waals surface area contributed by atoms with Gasteiger partial charge in [0.1, 0.15) is 11.3 Å². The third-order valence-corrected chi connectivity index (χ3v) is 5.23. The fourth-order valence-corrected chi connectivity index (χ4v) is 3.53. The van der Waals surface area contributed by atoms with Crippen LogP contribution < -0.4 is 4.74 Å². The molecule has 0 unspecified atom stereocenters. The number of carboxylic acids is 2. The minimum atomic E-state index is -1.28. The van der Waals surface area contributed by atoms with E-state index in [0.29, 0.717) is 6.61 Å². The number of aromatic carboxylic acids is 2. The molecule has 0 spiro atoms. The van der Waals surface area contributed by atoms with Gasteiger partial charge in [-0.3, -0.25) is 0 Å². The van der Waals surface area contributed by atoms with Crippen LogP contribution in [0.25, 0.3) is 0 Å². The molecule has 0 fully saturated rings. The second kappa shape index (κ2) is 15.8. The number of hydrogen-bond donors (Lipinski definition) is 2. The SMILES string of the molecule is CCCCCCCCCCCCCCCCOc1cccc(C(=O)O)c1C(=O)O. The van der Waals surface area contributed by atoms with Crippen LogP contribution in [0.3, 0.4) is 0 Å². The molecule has 0 aromatic heterocycles. The highest BCUT2D eigenvalue weighted by Crippen LogP contribution is 2.23. The van der Waals surface area contributed by atoms with Crippen molar-refractivity contribution in [2.45, 2.75) is 96.8 Å². The molecule has 0 bridgehead atoms. The van der Waals surface area contributed by atoms with Crippen molar-refractivity contribution in [3.05, 3.63) is 29.3 Å². The van der Waals surface area contributed by atoms with Gasteiger partial charge in [-0.15, -0.1) is 0 Å². The summed E-state index contributed by atoms with van der Waals surface area (Å²) in [6.07, 6.45) is 17.8. The first-order chi connectivity index (χ1) is 14.1. The minimum absolute atomic E-state index is 0.132. The van der Waals surface area contributed by atoms with Crippen molar-refractivity contribution in [2.24, 2.45) is 0 Å². The van der Waals surface area contributed by atoms with Gasteiger partial charge in [0.15, 0.2) is 0 Å². The summed E-state index contributed by atoms with van der Waals surface area (Å²) in [5, 5.41) is 18.4. The summed E-state index contributed by atoms with van der Waals surface area (Å²) in [5.41, 5.74) is -0.513. The molecule has 0 saturated heterocycles. The standard InChI is InChI=1S/C24H38O5/c1-2-3-4-5-6-7-8-9-10-11-12-13-14-15-19-29-21-18-16-17-20(23(25)26)22(21)24(27)28/h16-18H,2-15,19H2,1H3,(H,25,26)(H,27,28). The lowest BCUT2D eigenvalue weighted by molar-refractivity contribution is 0.0647. The Morgan fingerprint density at radius 2 is 1.21 bits per heavy atom. The maximum absolute atomic E-state index is 11.4. The number of carboxylic acid groups (broad SMARTS) is 2. The molecule has 2 N–H and O–H groups in total. The Kier molecular flexibility index (Phi) is 13.6. The first-order valence-corrected chi connectivity index (χ1v) is 11.3. The Hall–Kier alpha value is -2.04. The van der Waals surface area contributed by atoms with E-state index >= 15 is 0 Å². The van der Waals surface area contributed by atoms with E-state index < -0.39 is 11.9 Å². The van der Waals surface area contributed by atoms with Crippen LogP contribution >= 0.6 is 0 Å². The third-order valence-electron chi connectivity index (χ3n) is 5.23. The number of carbonyl (C=O) groups is 2. The fourth-order valence-electron chi connectivity index (χ4n) is 3.53. The molecule has 1 aromatic rings. The van der Waals surface area contributed by atoms with Crippen molar-refractivity contribution in [2.75, 3.05) is 6.61 Å². The zero-order valence-corrected chi connectivity index (χ0v) is 18.0. The van der Waals surface area contributed by atoms with E-state index in [9.17, 15) is 14.7 Å². The normalized spacial score (nSPS) is 10.8. The van der Waals surface area contributed by atoms with E-state index in [-0.39, 0.29) is 16.9 Å². The van der Waals surface area contributed by atoms with Gasteiger partial charge in [-0.05, 0) is 18.6 Å². The minimum Gasteiger partial charge on any atom is -0.493 e. The highest BCUT2D eigenvalue weighted by atomic mass is 16.5. The summed E-state index contributed by atoms with van der Waals surface area (Å²) in [7, 11) is 0. The summed E-state index contributed by atoms with van der Waals surface area (Å²) in [4.78, 5) is 22.5. The van der Waals surface area contributed by atoms with E-state index in [4.69, 9.17) is 9.84 Å². The van der Waals surface area contributed by atoms with E-state index in [0.717, 1.165) is 19.3 Å². The van der Waals surface area contributed by atoms with Crippen LogP contribution in [0.5, 0.6) is 5.75 Å². The first-order valence-electron chi connectivity index (χ1n) is 11.3. The number of ether oxygens (including phenoxy) is 1. The van der Waals surface area contributed by atoms with Crippen LogP contribution in [-0.4, -0.2) is 28.8 Å². The van der Waals surface area contributed by atoms with E-state index in [1.165, 1.54) is 88.8 Å². The van der Waals surface area contributed by atoms with Crippen LogP contribution in [-0.2, 0) is 0 Å². The topological polar surface area (TPSA) is 83.8 Å². The molecule has 1 aromatic carbocycles. The van der Waals surface area contributed by atoms with Gasteiger partial charge in [-0.1, -0.05) is 96.5 Å². The average Bonchev–Trinajstić information content (AvgIpc) is 2.70. The van der Waals surface area contributed by atoms with Crippen LogP contribution in [0.15, 0.2) is 18.2 Å². The Bertz CT molecular complexity index is 597. The Balaban J connectivity index is 2.06. The van der Waals surface area contributed by atoms with Crippen molar-refractivity contribution in [1.82, 2.24) is 0 Å². The van der Waals surface area contributed by atoms with Gasteiger partial charge in [0, 0.05) is 0 Å². The molecule has 0 aliphatic heterocycles. The quantitative estimate of drug-likeness (QED) is 0.258. The predicted molar refractivity (Wildman–Crippen MR) is 116 cm³/mol. The highest BCUT2D eigenvalue weighted by Gasteiger charge is 2.20. The molecule has 0 saturated carbocycles. The number of hydrogen-bond acceptors (Lipinski definition) is 3. The van der Waals surface area contributed by atoms with Gasteiger partial charge in [-0.2, -0.15) is 0 Å². The van der Waals surface area contributed by atoms with E-state index in [1.54, 1.807) is 0 Å². The van der Waals surface area contributed by atoms with Gasteiger partial charge in [0.25, 0.3) is 0 Å². The molecule has 0 radical (unpaired) electrons. The molecular formula is C24H38O5. The molecule has 5 nitrogen and oxygen atoms in total. The maximum Gasteiger partial charge on any atom is 0.340 e. The summed E-state index contributed by atoms with van der Waals surface area (Å²) >= 11 is 0. The average molecular weight is 407 g/mol. The van der Waals surface area contributed by atoms with Gasteiger partial charge in [0.2, 0.25) is 0 Å². The summed E-state index contributed by atoms with van der Waals surface area (Å²) in [5.74, 6) is -2.41. The maximum atomic E-state index is 11.4. The lowest BCUT2D eigenvalue weighted by Crippen LogP contribution is -2.11. The molecule has 164 valence electrons. The van der Waals surface area contributed by atoms with Crippen LogP contribution in [0.4, 0.5) is 0 Å². The second-order valence-electron chi connectivity index (χ2n) is 7.73. The van der Waals surface area contributed by atoms with Crippen LogP contribution in [0, 0.1) is 0 Å². The molecule has 5 heteroatoms. The summed E-state index contributed by atoms with van der Waals surface area (Å²) < 4.78 is 5.55. The van der Waals surface area contributed by atoms with Crippen molar-refractivity contribution in [3.63, 3.8) is 0 Å². The smallest absolute Gasteiger partial charge is 0.340 e. The lowest BCUT2D eigenvalue weighted by Gasteiger charge is -2.11. The van der Waals surface area contributed by atoms with Gasteiger partial charge in [0.05, 0.1) is 12.2 Å². The predicted octanol–water partition coefficient (Wildman–Crippen LogP) is 6.94. The zero-order valence-electron chi connectivity index (χ0n) is 18.0. The molecule has 29 heavy (non-hydrogen) atoms. The number of unbranched alkanes of at least 4 members (excludes halogenated alkanes) is 13. The molecular weight excluding hydrogens is 368 g/mol. The van der Waals surface area contributed by atoms with Crippen LogP contribution in [0.1, 0.15) is 118 Å². The largest absolute Gasteiger partial charge is 0.493 e. The highest BCUT2D eigenvalue weighted by molar-refractivity contribution is 6.03. The van der Waals surface area contributed by atoms with Crippen molar-refractivity contribution in [3.8, 4) is 5.75 Å². The summed E-state index contributed by atoms with van der Waals surface area (Å²) in [6.45, 7) is 2.66. The summed E-state index contributed by atoms with van der Waals surface area (Å²) in [6, 6.07) is 4.31. The molecule has 0 amide bonds. The first kappa shape index (κ1) is 25.0. The molecule has 0 heterocycles. The van der Waals surface area contributed by atoms with Gasteiger partial charge >= 0.3 is 11.9 Å². The molecule has 0 aliphatic carbocycles. The Morgan fingerprint density at radius 1 is 0.724 bits per heavy atom. The van der Waals surface area contributed by atoms with Crippen LogP contribution in [0.2, 0.25) is 0 Å². The van der Waals surface area contributed by atoms with Crippen molar-refractivity contribution < 1.29 is 24.5 Å².